The van der Waals surface area contributed by atoms with Gasteiger partial charge >= 0.3 is 0 Å². The van der Waals surface area contributed by atoms with E-state index in [9.17, 15) is 30.8 Å². The van der Waals surface area contributed by atoms with Gasteiger partial charge in [-0.15, -0.1) is 0 Å². The maximum atomic E-state index is 14.9. The number of amides is 1. The normalized spacial score (nSPS) is 15.7. The first-order valence-corrected chi connectivity index (χ1v) is 10.3. The van der Waals surface area contributed by atoms with Crippen molar-refractivity contribution in [2.75, 3.05) is 17.7 Å². The van der Waals surface area contributed by atoms with Crippen LogP contribution in [0.1, 0.15) is 30.3 Å². The van der Waals surface area contributed by atoms with E-state index in [-0.39, 0.29) is 24.2 Å². The molecule has 3 rings (SSSR count). The van der Waals surface area contributed by atoms with Crippen LogP contribution in [0.4, 0.5) is 28.9 Å². The van der Waals surface area contributed by atoms with Crippen LogP contribution in [0.3, 0.4) is 0 Å². The monoisotopic (exact) mass is 448 g/mol. The summed E-state index contributed by atoms with van der Waals surface area (Å²) in [6.07, 6.45) is 0.659. The molecule has 1 fully saturated rings. The van der Waals surface area contributed by atoms with E-state index in [2.05, 4.69) is 10.6 Å². The predicted octanol–water partition coefficient (Wildman–Crippen LogP) is 3.06. The van der Waals surface area contributed by atoms with Gasteiger partial charge < -0.3 is 15.2 Å². The molecule has 1 saturated carbocycles. The fraction of sp³-hybridized carbons (Fsp3) is 0.389. The number of benzene rings is 1. The van der Waals surface area contributed by atoms with E-state index >= 15 is 0 Å². The minimum absolute atomic E-state index is 0.0860. The number of sulfonamides is 1. The summed E-state index contributed by atoms with van der Waals surface area (Å²) < 4.78 is 83.8. The van der Waals surface area contributed by atoms with E-state index in [1.807, 2.05) is 4.72 Å². The minimum atomic E-state index is -4.66. The molecule has 1 aliphatic rings. The molecule has 0 unspecified atom stereocenters. The fourth-order valence-corrected chi connectivity index (χ4v) is 4.71. The van der Waals surface area contributed by atoms with Crippen molar-refractivity contribution in [3.05, 3.63) is 41.7 Å². The third-order valence-corrected chi connectivity index (χ3v) is 6.53. The summed E-state index contributed by atoms with van der Waals surface area (Å²) in [7, 11) is -1.95. The van der Waals surface area contributed by atoms with Crippen LogP contribution in [0.25, 0.3) is 0 Å². The first kappa shape index (κ1) is 22.1. The molecule has 30 heavy (non-hydrogen) atoms. The fourth-order valence-electron chi connectivity index (χ4n) is 3.07. The molecule has 0 aliphatic heterocycles. The smallest absolute Gasteiger partial charge is 0.275 e. The van der Waals surface area contributed by atoms with Crippen molar-refractivity contribution < 1.29 is 30.8 Å². The summed E-state index contributed by atoms with van der Waals surface area (Å²) in [6.45, 7) is 0.588. The molecule has 0 atom stereocenters. The van der Waals surface area contributed by atoms with Crippen molar-refractivity contribution in [3.63, 3.8) is 0 Å². The van der Waals surface area contributed by atoms with Crippen LogP contribution in [0.15, 0.2) is 29.3 Å². The Morgan fingerprint density at radius 3 is 2.40 bits per heavy atom. The van der Waals surface area contributed by atoms with Crippen LogP contribution in [0.5, 0.6) is 0 Å². The highest BCUT2D eigenvalue weighted by atomic mass is 32.2. The molecule has 164 valence electrons. The Kier molecular flexibility index (Phi) is 5.35. The molecule has 1 heterocycles. The first-order chi connectivity index (χ1) is 13.8. The lowest BCUT2D eigenvalue weighted by atomic mass is 10.1. The van der Waals surface area contributed by atoms with Gasteiger partial charge in [0.25, 0.3) is 11.8 Å². The molecule has 1 aliphatic carbocycles. The van der Waals surface area contributed by atoms with Gasteiger partial charge in [0.1, 0.15) is 16.4 Å². The van der Waals surface area contributed by atoms with Crippen molar-refractivity contribution in [1.29, 1.82) is 0 Å². The summed E-state index contributed by atoms with van der Waals surface area (Å²) in [5, 5.41) is 4.93. The Bertz CT molecular complexity index is 1110. The van der Waals surface area contributed by atoms with Crippen LogP contribution in [-0.4, -0.2) is 37.4 Å². The van der Waals surface area contributed by atoms with Crippen LogP contribution in [0, 0.1) is 11.6 Å². The maximum Gasteiger partial charge on any atom is 0.275 e. The van der Waals surface area contributed by atoms with Gasteiger partial charge in [0, 0.05) is 32.9 Å². The van der Waals surface area contributed by atoms with E-state index in [0.717, 1.165) is 16.8 Å². The number of halogens is 4. The van der Waals surface area contributed by atoms with Gasteiger partial charge in [-0.3, -0.25) is 4.79 Å². The molecule has 3 N–H and O–H groups in total. The molecular weight excluding hydrogens is 428 g/mol. The second kappa shape index (κ2) is 7.27. The molecule has 0 saturated heterocycles. The third kappa shape index (κ3) is 3.88. The second-order valence-electron chi connectivity index (χ2n) is 7.24. The van der Waals surface area contributed by atoms with Crippen molar-refractivity contribution in [2.24, 2.45) is 7.05 Å². The number of hydrogen-bond donors (Lipinski definition) is 3. The number of aromatic nitrogens is 1. The van der Waals surface area contributed by atoms with Gasteiger partial charge in [0.05, 0.1) is 11.2 Å². The lowest BCUT2D eigenvalue weighted by molar-refractivity contribution is -0.0221. The molecule has 0 spiro atoms. The lowest BCUT2D eigenvalue weighted by Crippen LogP contribution is -2.48. The van der Waals surface area contributed by atoms with E-state index < -0.39 is 49.6 Å². The zero-order chi connectivity index (χ0) is 22.5. The Morgan fingerprint density at radius 1 is 1.23 bits per heavy atom. The summed E-state index contributed by atoms with van der Waals surface area (Å²) in [5.41, 5.74) is -2.37. The molecule has 0 radical (unpaired) electrons. The molecule has 0 bridgehead atoms. The number of alkyl halides is 2. The van der Waals surface area contributed by atoms with Gasteiger partial charge in [-0.2, -0.15) is 4.72 Å². The van der Waals surface area contributed by atoms with Gasteiger partial charge in [-0.05, 0) is 31.0 Å². The van der Waals surface area contributed by atoms with Crippen LogP contribution in [0.2, 0.25) is 0 Å². The number of anilines is 2. The Balaban J connectivity index is 1.89. The van der Waals surface area contributed by atoms with Gasteiger partial charge in [-0.25, -0.2) is 26.0 Å². The number of hydrogen-bond acceptors (Lipinski definition) is 4. The maximum absolute atomic E-state index is 14.9. The van der Waals surface area contributed by atoms with Crippen molar-refractivity contribution >= 4 is 27.3 Å². The average molecular weight is 448 g/mol. The number of aryl methyl sites for hydroxylation is 1. The zero-order valence-corrected chi connectivity index (χ0v) is 17.1. The van der Waals surface area contributed by atoms with Crippen LogP contribution in [-0.2, 0) is 17.1 Å². The molecule has 1 amide bonds. The minimum Gasteiger partial charge on any atom is -0.386 e. The highest BCUT2D eigenvalue weighted by Crippen LogP contribution is 2.48. The average Bonchev–Trinajstić information content (AvgIpc) is 3.34. The van der Waals surface area contributed by atoms with Crippen LogP contribution >= 0.6 is 0 Å². The summed E-state index contributed by atoms with van der Waals surface area (Å²) in [5.74, 6) is -6.28. The Hall–Kier alpha value is -2.60. The number of carbonyl (C=O) groups is 1. The quantitative estimate of drug-likeness (QED) is 0.568. The molecule has 1 aromatic carbocycles. The SMILES string of the molecule is CNc1cc(NC(=O)c2c(F)c(S(=O)(=O)NC3(C(C)(F)F)CC3)cn2C)ccc1F. The highest BCUT2D eigenvalue weighted by molar-refractivity contribution is 7.89. The number of rotatable bonds is 7. The predicted molar refractivity (Wildman–Crippen MR) is 102 cm³/mol. The van der Waals surface area contributed by atoms with E-state index in [1.165, 1.54) is 26.2 Å². The van der Waals surface area contributed by atoms with E-state index in [4.69, 9.17) is 0 Å². The number of carbonyl (C=O) groups excluding carboxylic acids is 1. The van der Waals surface area contributed by atoms with Crippen LogP contribution < -0.4 is 15.4 Å². The van der Waals surface area contributed by atoms with Crippen molar-refractivity contribution in [1.82, 2.24) is 9.29 Å². The van der Waals surface area contributed by atoms with E-state index in [0.29, 0.717) is 6.92 Å². The van der Waals surface area contributed by atoms with Crippen molar-refractivity contribution in [3.8, 4) is 0 Å². The van der Waals surface area contributed by atoms with Gasteiger partial charge in [0.2, 0.25) is 10.0 Å². The zero-order valence-electron chi connectivity index (χ0n) is 16.3. The topological polar surface area (TPSA) is 92.2 Å². The highest BCUT2D eigenvalue weighted by Gasteiger charge is 2.61. The molecule has 1 aromatic heterocycles. The molecule has 7 nitrogen and oxygen atoms in total. The summed E-state index contributed by atoms with van der Waals surface area (Å²) >= 11 is 0. The van der Waals surface area contributed by atoms with Gasteiger partial charge in [0.15, 0.2) is 5.82 Å². The lowest BCUT2D eigenvalue weighted by Gasteiger charge is -2.23. The number of nitrogens with one attached hydrogen (secondary N) is 3. The summed E-state index contributed by atoms with van der Waals surface area (Å²) in [4.78, 5) is 11.6. The number of nitrogens with zero attached hydrogens (tertiary/aromatic N) is 1. The Morgan fingerprint density at radius 2 is 1.87 bits per heavy atom. The standard InChI is InChI=1S/C18H20F4N4O3S/c1-17(21,22)18(6-7-18)25-30(28,29)13-9-26(3)15(14(13)20)16(27)24-10-4-5-11(19)12(8-10)23-2/h4-5,8-9,23,25H,6-7H2,1-3H3,(H,24,27). The second-order valence-corrected chi connectivity index (χ2v) is 8.89. The van der Waals surface area contributed by atoms with E-state index in [1.54, 1.807) is 0 Å². The first-order valence-electron chi connectivity index (χ1n) is 8.86. The van der Waals surface area contributed by atoms with Gasteiger partial charge in [-0.1, -0.05) is 0 Å². The molecular formula is C18H20F4N4O3S. The Labute approximate surface area is 170 Å². The third-order valence-electron chi connectivity index (χ3n) is 5.01. The molecule has 12 heteroatoms. The molecule has 2 aromatic rings. The van der Waals surface area contributed by atoms with Crippen molar-refractivity contribution in [2.45, 2.75) is 36.1 Å². The largest absolute Gasteiger partial charge is 0.386 e. The summed E-state index contributed by atoms with van der Waals surface area (Å²) in [6, 6.07) is 3.60.